The largest absolute Gasteiger partial charge is 0.508 e. The van der Waals surface area contributed by atoms with Crippen LogP contribution in [0.3, 0.4) is 0 Å². The maximum absolute atomic E-state index is 13.0. The minimum atomic E-state index is -2.02. The normalized spacial score (nSPS) is 26.8. The Kier molecular flexibility index (Phi) is 7.42. The van der Waals surface area contributed by atoms with Gasteiger partial charge >= 0.3 is 18.1 Å². The molecule has 0 bridgehead atoms. The molecule has 2 aromatic heterocycles. The molecule has 2 fully saturated rings. The molecule has 4 rings (SSSR count). The van der Waals surface area contributed by atoms with Crippen molar-refractivity contribution in [2.45, 2.75) is 70.1 Å². The number of ether oxygens (including phenoxy) is 6. The van der Waals surface area contributed by atoms with E-state index in [2.05, 4.69) is 16.2 Å². The van der Waals surface area contributed by atoms with Gasteiger partial charge in [-0.2, -0.15) is 10.4 Å². The lowest BCUT2D eigenvalue weighted by Gasteiger charge is -2.28. The molecule has 0 saturated carbocycles. The summed E-state index contributed by atoms with van der Waals surface area (Å²) in [5, 5.41) is 14.7. The molecule has 210 valence electrons. The highest BCUT2D eigenvalue weighted by atomic mass is 16.7. The van der Waals surface area contributed by atoms with Gasteiger partial charge < -0.3 is 34.2 Å². The van der Waals surface area contributed by atoms with Crippen LogP contribution in [-0.4, -0.2) is 76.9 Å². The van der Waals surface area contributed by atoms with Crippen LogP contribution in [0.25, 0.3) is 5.52 Å². The first kappa shape index (κ1) is 28.1. The van der Waals surface area contributed by atoms with Crippen LogP contribution in [-0.2, 0) is 43.6 Å². The van der Waals surface area contributed by atoms with E-state index in [4.69, 9.17) is 34.2 Å². The number of nitrogens with zero attached hydrogens (tertiary/aromatic N) is 4. The second-order valence-electron chi connectivity index (χ2n) is 10.9. The van der Waals surface area contributed by atoms with Crippen LogP contribution in [0.15, 0.2) is 18.5 Å². The summed E-state index contributed by atoms with van der Waals surface area (Å²) >= 11 is 0. The topological polar surface area (TPSA) is 187 Å². The molecule has 0 unspecified atom stereocenters. The summed E-state index contributed by atoms with van der Waals surface area (Å²) in [6.45, 7) is 6.31. The third kappa shape index (κ3) is 5.59. The lowest BCUT2D eigenvalue weighted by molar-refractivity contribution is -0.166. The molecule has 39 heavy (non-hydrogen) atoms. The highest BCUT2D eigenvalue weighted by Gasteiger charge is 2.63. The Morgan fingerprint density at radius 1 is 1.23 bits per heavy atom. The first-order valence-electron chi connectivity index (χ1n) is 12.2. The van der Waals surface area contributed by atoms with Crippen LogP contribution in [0.1, 0.15) is 46.2 Å². The lowest BCUT2D eigenvalue weighted by atomic mass is 9.86. The SMILES string of the molecule is COC(C)(C)COC(=O)OC[C@H]1O[C@@](C#N)(c2ccc3c(N)ncnn23)[C@@H]2OC(=O)CC(C)(C)CC(=O)O[C@@H]21. The van der Waals surface area contributed by atoms with Gasteiger partial charge in [0.2, 0.25) is 5.60 Å². The number of nitriles is 1. The van der Waals surface area contributed by atoms with Crippen LogP contribution >= 0.6 is 0 Å². The molecule has 2 aliphatic rings. The molecule has 0 aliphatic carbocycles. The van der Waals surface area contributed by atoms with Crippen molar-refractivity contribution in [3.8, 4) is 6.07 Å². The van der Waals surface area contributed by atoms with Gasteiger partial charge in [-0.15, -0.1) is 0 Å². The predicted octanol–water partition coefficient (Wildman–Crippen LogP) is 1.65. The van der Waals surface area contributed by atoms with Gasteiger partial charge in [0.1, 0.15) is 37.2 Å². The Labute approximate surface area is 224 Å². The van der Waals surface area contributed by atoms with Crippen LogP contribution < -0.4 is 5.73 Å². The van der Waals surface area contributed by atoms with E-state index in [0.717, 1.165) is 0 Å². The van der Waals surface area contributed by atoms with Gasteiger partial charge in [-0.25, -0.2) is 14.3 Å². The standard InChI is InChI=1S/C25H31N5O9/c1-23(2)8-17(31)37-19-15(10-35-22(33)36-12-24(3,4)34-5)39-25(11-26,20(19)38-18(32)9-23)16-7-6-14-21(27)28-13-29-30(14)16/h6-7,13,15,19-20H,8-10,12H2,1-5H3,(H2,27,28,29)/t15-,19-,20-,25+/m1/s1. The number of fused-ring (bicyclic) bond motifs is 2. The highest BCUT2D eigenvalue weighted by Crippen LogP contribution is 2.45. The summed E-state index contributed by atoms with van der Waals surface area (Å²) in [4.78, 5) is 42.2. The zero-order valence-corrected chi connectivity index (χ0v) is 22.3. The Morgan fingerprint density at radius 3 is 2.59 bits per heavy atom. The lowest BCUT2D eigenvalue weighted by Crippen LogP contribution is -2.45. The molecule has 0 radical (unpaired) electrons. The molecule has 2 aromatic rings. The first-order valence-corrected chi connectivity index (χ1v) is 12.2. The fraction of sp³-hybridized carbons (Fsp3) is 0.600. The number of carbonyl (C=O) groups is 3. The molecule has 2 N–H and O–H groups in total. The monoisotopic (exact) mass is 545 g/mol. The van der Waals surface area contributed by atoms with Crippen molar-refractivity contribution in [1.29, 1.82) is 5.26 Å². The van der Waals surface area contributed by atoms with Crippen molar-refractivity contribution in [3.05, 3.63) is 24.2 Å². The van der Waals surface area contributed by atoms with Gasteiger partial charge in [-0.3, -0.25) is 9.59 Å². The van der Waals surface area contributed by atoms with E-state index in [1.807, 2.05) is 0 Å². The Bertz CT molecular complexity index is 1320. The fourth-order valence-corrected chi connectivity index (χ4v) is 4.51. The van der Waals surface area contributed by atoms with E-state index in [1.54, 1.807) is 33.8 Å². The minimum Gasteiger partial charge on any atom is -0.455 e. The molecular weight excluding hydrogens is 514 g/mol. The molecule has 2 aliphatic heterocycles. The summed E-state index contributed by atoms with van der Waals surface area (Å²) in [6.07, 6.45) is -3.98. The smallest absolute Gasteiger partial charge is 0.455 e. The van der Waals surface area contributed by atoms with Gasteiger partial charge in [-0.1, -0.05) is 13.8 Å². The van der Waals surface area contributed by atoms with Gasteiger partial charge in [0.05, 0.1) is 24.1 Å². The molecule has 4 heterocycles. The molecule has 2 saturated heterocycles. The summed E-state index contributed by atoms with van der Waals surface area (Å²) in [7, 11) is 1.47. The molecule has 0 aromatic carbocycles. The Morgan fingerprint density at radius 2 is 1.92 bits per heavy atom. The zero-order chi connectivity index (χ0) is 28.6. The average Bonchev–Trinajstić information content (AvgIpc) is 3.42. The quantitative estimate of drug-likeness (QED) is 0.408. The Hall–Kier alpha value is -3.96. The maximum atomic E-state index is 13.0. The van der Waals surface area contributed by atoms with E-state index >= 15 is 0 Å². The highest BCUT2D eigenvalue weighted by molar-refractivity contribution is 5.75. The molecule has 0 amide bonds. The van der Waals surface area contributed by atoms with Crippen LogP contribution in [0.2, 0.25) is 0 Å². The van der Waals surface area contributed by atoms with Crippen molar-refractivity contribution in [2.75, 3.05) is 26.1 Å². The van der Waals surface area contributed by atoms with Crippen LogP contribution in [0.4, 0.5) is 10.6 Å². The number of carbonyl (C=O) groups excluding carboxylic acids is 3. The molecule has 4 atom stereocenters. The van der Waals surface area contributed by atoms with E-state index in [1.165, 1.54) is 24.0 Å². The predicted molar refractivity (Wildman–Crippen MR) is 131 cm³/mol. The molecule has 14 nitrogen and oxygen atoms in total. The van der Waals surface area contributed by atoms with Crippen molar-refractivity contribution in [2.24, 2.45) is 5.41 Å². The number of esters is 2. The van der Waals surface area contributed by atoms with Crippen molar-refractivity contribution >= 4 is 29.4 Å². The third-order valence-corrected chi connectivity index (χ3v) is 6.66. The molecule has 14 heteroatoms. The van der Waals surface area contributed by atoms with Gasteiger partial charge in [-0.05, 0) is 31.4 Å². The number of nitrogen functional groups attached to an aromatic ring is 1. The van der Waals surface area contributed by atoms with E-state index in [0.29, 0.717) is 5.52 Å². The van der Waals surface area contributed by atoms with Crippen molar-refractivity contribution in [3.63, 3.8) is 0 Å². The minimum absolute atomic E-state index is 0.0928. The van der Waals surface area contributed by atoms with E-state index in [-0.39, 0.29) is 31.0 Å². The molecular formula is C25H31N5O9. The van der Waals surface area contributed by atoms with Crippen molar-refractivity contribution < 1.29 is 42.8 Å². The summed E-state index contributed by atoms with van der Waals surface area (Å²) in [5.41, 5.74) is 2.96. The van der Waals surface area contributed by atoms with Crippen LogP contribution in [0, 0.1) is 16.7 Å². The maximum Gasteiger partial charge on any atom is 0.508 e. The number of anilines is 1. The summed E-state index contributed by atoms with van der Waals surface area (Å²) < 4.78 is 34.6. The number of hydrogen-bond acceptors (Lipinski definition) is 13. The van der Waals surface area contributed by atoms with Gasteiger partial charge in [0.25, 0.3) is 0 Å². The number of methoxy groups -OCH3 is 1. The zero-order valence-electron chi connectivity index (χ0n) is 22.3. The Balaban J connectivity index is 1.71. The number of nitrogens with two attached hydrogens (primary N) is 1. The van der Waals surface area contributed by atoms with E-state index in [9.17, 15) is 19.6 Å². The summed E-state index contributed by atoms with van der Waals surface area (Å²) in [6, 6.07) is 5.19. The van der Waals surface area contributed by atoms with Crippen LogP contribution in [0.5, 0.6) is 0 Å². The number of aromatic nitrogens is 3. The van der Waals surface area contributed by atoms with E-state index < -0.39 is 59.6 Å². The second-order valence-corrected chi connectivity index (χ2v) is 10.9. The van der Waals surface area contributed by atoms with Crippen molar-refractivity contribution in [1.82, 2.24) is 14.6 Å². The third-order valence-electron chi connectivity index (χ3n) is 6.66. The first-order chi connectivity index (χ1) is 18.3. The van der Waals surface area contributed by atoms with Gasteiger partial charge in [0.15, 0.2) is 18.0 Å². The van der Waals surface area contributed by atoms with Gasteiger partial charge in [0, 0.05) is 7.11 Å². The summed E-state index contributed by atoms with van der Waals surface area (Å²) in [5.74, 6) is -1.15. The fourth-order valence-electron chi connectivity index (χ4n) is 4.51. The average molecular weight is 546 g/mol. The number of rotatable bonds is 6. The second kappa shape index (κ2) is 10.3. The molecule has 0 spiro atoms. The number of hydrogen-bond donors (Lipinski definition) is 1.